The molecule has 3 heterocycles. The molecule has 2 aliphatic heterocycles. The summed E-state index contributed by atoms with van der Waals surface area (Å²) in [6.07, 6.45) is 1.82. The second kappa shape index (κ2) is 5.08. The van der Waals surface area contributed by atoms with Crippen molar-refractivity contribution in [3.8, 4) is 22.8 Å². The summed E-state index contributed by atoms with van der Waals surface area (Å²) >= 11 is 0. The molecule has 5 nitrogen and oxygen atoms in total. The van der Waals surface area contributed by atoms with E-state index >= 15 is 0 Å². The van der Waals surface area contributed by atoms with Crippen molar-refractivity contribution >= 4 is 6.02 Å². The Bertz CT molecular complexity index is 1000. The maximum Gasteiger partial charge on any atom is 0.283 e. The number of pyridine rings is 1. The van der Waals surface area contributed by atoms with Gasteiger partial charge in [-0.15, -0.1) is 0 Å². The van der Waals surface area contributed by atoms with Crippen molar-refractivity contribution in [3.05, 3.63) is 78.0 Å². The summed E-state index contributed by atoms with van der Waals surface area (Å²) < 4.78 is 11.6. The molecule has 5 heteroatoms. The zero-order valence-electron chi connectivity index (χ0n) is 13.3. The smallest absolute Gasteiger partial charge is 0.283 e. The van der Waals surface area contributed by atoms with E-state index in [1.54, 1.807) is 0 Å². The van der Waals surface area contributed by atoms with E-state index in [4.69, 9.17) is 15.2 Å². The lowest BCUT2D eigenvalue weighted by molar-refractivity contribution is 0.262. The normalized spacial score (nSPS) is 20.2. The van der Waals surface area contributed by atoms with Gasteiger partial charge in [0.15, 0.2) is 5.54 Å². The molecule has 1 atom stereocenters. The van der Waals surface area contributed by atoms with E-state index in [1.165, 1.54) is 0 Å². The number of benzene rings is 2. The molecule has 2 N–H and O–H groups in total. The molecule has 0 radical (unpaired) electrons. The lowest BCUT2D eigenvalue weighted by atomic mass is 9.82. The Morgan fingerprint density at radius 2 is 1.72 bits per heavy atom. The van der Waals surface area contributed by atoms with Crippen LogP contribution in [-0.2, 0) is 10.3 Å². The standard InChI is InChI=1S/C20H15N3O2/c21-19-23-20(12-24-19)15-8-4-5-9-17(15)25-18-16(20)10-14(11-22-18)13-6-2-1-3-7-13/h1-11H,12H2,(H2,21,23). The van der Waals surface area contributed by atoms with Gasteiger partial charge in [-0.1, -0.05) is 48.5 Å². The van der Waals surface area contributed by atoms with Crippen LogP contribution in [0.1, 0.15) is 11.1 Å². The molecular weight excluding hydrogens is 314 g/mol. The van der Waals surface area contributed by atoms with Gasteiger partial charge in [-0.05, 0) is 17.7 Å². The summed E-state index contributed by atoms with van der Waals surface area (Å²) in [5, 5.41) is 0. The summed E-state index contributed by atoms with van der Waals surface area (Å²) in [5.74, 6) is 1.28. The maximum absolute atomic E-state index is 6.01. The molecule has 25 heavy (non-hydrogen) atoms. The third kappa shape index (κ3) is 2.02. The van der Waals surface area contributed by atoms with Gasteiger partial charge in [-0.25, -0.2) is 9.98 Å². The fourth-order valence-electron chi connectivity index (χ4n) is 3.47. The molecule has 0 bridgehead atoms. The molecule has 1 aromatic heterocycles. The monoisotopic (exact) mass is 329 g/mol. The van der Waals surface area contributed by atoms with Gasteiger partial charge in [-0.3, -0.25) is 0 Å². The number of nitrogens with two attached hydrogens (primary N) is 1. The van der Waals surface area contributed by atoms with E-state index in [0.29, 0.717) is 12.5 Å². The van der Waals surface area contributed by atoms with Crippen molar-refractivity contribution in [2.24, 2.45) is 10.7 Å². The molecule has 5 rings (SSSR count). The van der Waals surface area contributed by atoms with E-state index in [1.807, 2.05) is 48.7 Å². The van der Waals surface area contributed by atoms with E-state index in [9.17, 15) is 0 Å². The topological polar surface area (TPSA) is 69.7 Å². The molecule has 2 aromatic carbocycles. The zero-order valence-corrected chi connectivity index (χ0v) is 13.3. The van der Waals surface area contributed by atoms with Crippen molar-refractivity contribution in [3.63, 3.8) is 0 Å². The van der Waals surface area contributed by atoms with Gasteiger partial charge in [0.05, 0.1) is 5.56 Å². The maximum atomic E-state index is 6.01. The van der Waals surface area contributed by atoms with Crippen LogP contribution in [0.2, 0.25) is 0 Å². The highest BCUT2D eigenvalue weighted by molar-refractivity contribution is 5.77. The number of aliphatic imine (C=N–C) groups is 1. The van der Waals surface area contributed by atoms with Gasteiger partial charge in [-0.2, -0.15) is 0 Å². The fraction of sp³-hybridized carbons (Fsp3) is 0.100. The molecule has 3 aromatic rings. The largest absolute Gasteiger partial charge is 0.462 e. The van der Waals surface area contributed by atoms with Gasteiger partial charge in [0, 0.05) is 17.3 Å². The Morgan fingerprint density at radius 3 is 2.52 bits per heavy atom. The van der Waals surface area contributed by atoms with Crippen LogP contribution in [0.25, 0.3) is 11.1 Å². The highest BCUT2D eigenvalue weighted by atomic mass is 16.5. The molecule has 2 aliphatic rings. The highest BCUT2D eigenvalue weighted by Crippen LogP contribution is 2.50. The highest BCUT2D eigenvalue weighted by Gasteiger charge is 2.47. The summed E-state index contributed by atoms with van der Waals surface area (Å²) in [7, 11) is 0. The van der Waals surface area contributed by atoms with Gasteiger partial charge in [0.25, 0.3) is 6.02 Å². The minimum atomic E-state index is -0.716. The Balaban J connectivity index is 1.75. The summed E-state index contributed by atoms with van der Waals surface area (Å²) in [6.45, 7) is 0.339. The lowest BCUT2D eigenvalue weighted by Gasteiger charge is -2.32. The molecule has 1 spiro atoms. The molecule has 122 valence electrons. The van der Waals surface area contributed by atoms with E-state index < -0.39 is 5.54 Å². The quantitative estimate of drug-likeness (QED) is 0.742. The first-order valence-corrected chi connectivity index (χ1v) is 8.08. The average Bonchev–Trinajstić information content (AvgIpc) is 3.05. The molecule has 0 saturated carbocycles. The number of fused-ring (bicyclic) bond motifs is 4. The van der Waals surface area contributed by atoms with Gasteiger partial charge in [0.2, 0.25) is 5.88 Å². The first-order chi connectivity index (χ1) is 12.3. The number of ether oxygens (including phenoxy) is 2. The lowest BCUT2D eigenvalue weighted by Crippen LogP contribution is -2.31. The van der Waals surface area contributed by atoms with Crippen molar-refractivity contribution < 1.29 is 9.47 Å². The molecule has 0 saturated heterocycles. The molecule has 0 aliphatic carbocycles. The minimum absolute atomic E-state index is 0.188. The van der Waals surface area contributed by atoms with Gasteiger partial charge >= 0.3 is 0 Å². The van der Waals surface area contributed by atoms with E-state index in [0.717, 1.165) is 28.0 Å². The van der Waals surface area contributed by atoms with E-state index in [2.05, 4.69) is 28.2 Å². The Kier molecular flexibility index (Phi) is 2.85. The van der Waals surface area contributed by atoms with Crippen LogP contribution in [0, 0.1) is 0 Å². The van der Waals surface area contributed by atoms with Crippen LogP contribution in [0.4, 0.5) is 0 Å². The SMILES string of the molecule is NC1=NC2(CO1)c1ccccc1Oc1ncc(-c3ccccc3)cc12. The Labute approximate surface area is 144 Å². The molecule has 0 fully saturated rings. The van der Waals surface area contributed by atoms with Crippen molar-refractivity contribution in [2.75, 3.05) is 6.61 Å². The number of rotatable bonds is 1. The van der Waals surface area contributed by atoms with Crippen LogP contribution in [-0.4, -0.2) is 17.6 Å². The number of aromatic nitrogens is 1. The van der Waals surface area contributed by atoms with Crippen LogP contribution in [0.15, 0.2) is 71.9 Å². The van der Waals surface area contributed by atoms with Crippen LogP contribution in [0.5, 0.6) is 11.6 Å². The summed E-state index contributed by atoms with van der Waals surface area (Å²) in [6, 6.07) is 20.2. The van der Waals surface area contributed by atoms with Crippen molar-refractivity contribution in [2.45, 2.75) is 5.54 Å². The number of hydrogen-bond donors (Lipinski definition) is 1. The summed E-state index contributed by atoms with van der Waals surface area (Å²) in [5.41, 5.74) is 9.05. The van der Waals surface area contributed by atoms with Crippen LogP contribution in [0.3, 0.4) is 0 Å². The molecule has 1 unspecified atom stereocenters. The average molecular weight is 329 g/mol. The fourth-order valence-corrected chi connectivity index (χ4v) is 3.47. The second-order valence-electron chi connectivity index (χ2n) is 6.14. The minimum Gasteiger partial charge on any atom is -0.462 e. The third-order valence-electron chi connectivity index (χ3n) is 4.67. The Hall–Kier alpha value is -3.34. The number of hydrogen-bond acceptors (Lipinski definition) is 5. The Morgan fingerprint density at radius 1 is 0.920 bits per heavy atom. The second-order valence-corrected chi connectivity index (χ2v) is 6.14. The van der Waals surface area contributed by atoms with Gasteiger partial charge < -0.3 is 15.2 Å². The first kappa shape index (κ1) is 14.0. The predicted molar refractivity (Wildman–Crippen MR) is 94.5 cm³/mol. The van der Waals surface area contributed by atoms with E-state index in [-0.39, 0.29) is 6.02 Å². The first-order valence-electron chi connectivity index (χ1n) is 8.08. The third-order valence-corrected chi connectivity index (χ3v) is 4.67. The van der Waals surface area contributed by atoms with Crippen molar-refractivity contribution in [1.29, 1.82) is 0 Å². The van der Waals surface area contributed by atoms with Gasteiger partial charge in [0.1, 0.15) is 12.4 Å². The number of nitrogens with zero attached hydrogens (tertiary/aromatic N) is 2. The van der Waals surface area contributed by atoms with Crippen LogP contribution >= 0.6 is 0 Å². The number of amidine groups is 1. The van der Waals surface area contributed by atoms with Crippen LogP contribution < -0.4 is 10.5 Å². The van der Waals surface area contributed by atoms with Crippen molar-refractivity contribution in [1.82, 2.24) is 4.98 Å². The predicted octanol–water partition coefficient (Wildman–Crippen LogP) is 3.44. The summed E-state index contributed by atoms with van der Waals surface area (Å²) in [4.78, 5) is 9.20. The zero-order chi connectivity index (χ0) is 16.9. The molecular formula is C20H15N3O2. The molecule has 0 amide bonds. The number of para-hydroxylation sites is 1.